The highest BCUT2D eigenvalue weighted by Gasteiger charge is 2.28. The number of fused-ring (bicyclic) bond motifs is 1. The lowest BCUT2D eigenvalue weighted by Crippen LogP contribution is -2.36. The van der Waals surface area contributed by atoms with Gasteiger partial charge in [0.25, 0.3) is 0 Å². The molecule has 0 amide bonds. The Bertz CT molecular complexity index is 790. The number of likely N-dealkylation sites (N-methyl/N-ethyl adjacent to an activating group) is 1. The summed E-state index contributed by atoms with van der Waals surface area (Å²) in [4.78, 5) is 2.52. The molecule has 1 aliphatic rings. The number of hydrogen-bond donors (Lipinski definition) is 0. The van der Waals surface area contributed by atoms with Crippen molar-refractivity contribution in [1.82, 2.24) is 4.90 Å². The van der Waals surface area contributed by atoms with Gasteiger partial charge in [0.15, 0.2) is 23.0 Å². The van der Waals surface area contributed by atoms with E-state index in [4.69, 9.17) is 18.9 Å². The lowest BCUT2D eigenvalue weighted by Gasteiger charge is -2.37. The van der Waals surface area contributed by atoms with E-state index in [0.717, 1.165) is 48.9 Å². The molecule has 5 nitrogen and oxygen atoms in total. The summed E-state index contributed by atoms with van der Waals surface area (Å²) in [7, 11) is 6.71. The molecule has 0 bridgehead atoms. The minimum absolute atomic E-state index is 0.289. The Labute approximate surface area is 161 Å². The van der Waals surface area contributed by atoms with Crippen molar-refractivity contribution in [2.24, 2.45) is 0 Å². The number of hydrogen-bond acceptors (Lipinski definition) is 5. The van der Waals surface area contributed by atoms with Crippen molar-refractivity contribution in [2.45, 2.75) is 25.8 Å². The molecule has 0 aliphatic carbocycles. The van der Waals surface area contributed by atoms with Crippen LogP contribution in [0.5, 0.6) is 23.0 Å². The standard InChI is InChI=1S/C22H29NO4/c1-6-23-10-9-16-13-21(26-4)22(27-5)14-17(16)18(23)11-15-7-8-19(24-2)20(12-15)25-3/h7-8,12-14,18H,6,9-11H2,1-5H3. The Balaban J connectivity index is 1.99. The van der Waals surface area contributed by atoms with Crippen LogP contribution in [0, 0.1) is 0 Å². The van der Waals surface area contributed by atoms with Gasteiger partial charge in [-0.25, -0.2) is 0 Å². The molecular formula is C22H29NO4. The van der Waals surface area contributed by atoms with E-state index < -0.39 is 0 Å². The summed E-state index contributed by atoms with van der Waals surface area (Å²) in [6, 6.07) is 10.7. The number of nitrogens with zero attached hydrogens (tertiary/aromatic N) is 1. The first-order valence-corrected chi connectivity index (χ1v) is 9.34. The van der Waals surface area contributed by atoms with Crippen LogP contribution in [0.15, 0.2) is 30.3 Å². The van der Waals surface area contributed by atoms with E-state index >= 15 is 0 Å². The minimum atomic E-state index is 0.289. The molecule has 1 atom stereocenters. The maximum atomic E-state index is 5.56. The van der Waals surface area contributed by atoms with Gasteiger partial charge in [-0.3, -0.25) is 4.90 Å². The molecule has 0 N–H and O–H groups in total. The van der Waals surface area contributed by atoms with E-state index in [2.05, 4.69) is 36.1 Å². The smallest absolute Gasteiger partial charge is 0.161 e. The van der Waals surface area contributed by atoms with E-state index in [1.807, 2.05) is 6.07 Å². The Morgan fingerprint density at radius 2 is 1.48 bits per heavy atom. The third-order valence-corrected chi connectivity index (χ3v) is 5.40. The van der Waals surface area contributed by atoms with Gasteiger partial charge < -0.3 is 18.9 Å². The Morgan fingerprint density at radius 3 is 2.11 bits per heavy atom. The molecule has 146 valence electrons. The zero-order valence-corrected chi connectivity index (χ0v) is 16.9. The highest BCUT2D eigenvalue weighted by Crippen LogP contribution is 2.40. The van der Waals surface area contributed by atoms with Crippen LogP contribution in [0.4, 0.5) is 0 Å². The minimum Gasteiger partial charge on any atom is -0.493 e. The van der Waals surface area contributed by atoms with Crippen LogP contribution in [-0.2, 0) is 12.8 Å². The second-order valence-corrected chi connectivity index (χ2v) is 6.69. The van der Waals surface area contributed by atoms with Crippen molar-refractivity contribution in [3.8, 4) is 23.0 Å². The van der Waals surface area contributed by atoms with Crippen LogP contribution in [-0.4, -0.2) is 46.4 Å². The predicted octanol–water partition coefficient (Wildman–Crippen LogP) is 3.88. The largest absolute Gasteiger partial charge is 0.493 e. The molecule has 0 radical (unpaired) electrons. The normalized spacial score (nSPS) is 16.6. The number of benzene rings is 2. The lowest BCUT2D eigenvalue weighted by molar-refractivity contribution is 0.192. The maximum Gasteiger partial charge on any atom is 0.161 e. The molecule has 1 aliphatic heterocycles. The summed E-state index contributed by atoms with van der Waals surface area (Å²) in [5.41, 5.74) is 3.87. The molecule has 2 aromatic carbocycles. The molecular weight excluding hydrogens is 342 g/mol. The van der Waals surface area contributed by atoms with Gasteiger partial charge in [-0.05, 0) is 60.3 Å². The summed E-state index contributed by atoms with van der Waals surface area (Å²) in [6.07, 6.45) is 1.92. The van der Waals surface area contributed by atoms with E-state index in [-0.39, 0.29) is 6.04 Å². The molecule has 0 aromatic heterocycles. The molecule has 1 unspecified atom stereocenters. The first kappa shape index (κ1) is 19.4. The summed E-state index contributed by atoms with van der Waals surface area (Å²) in [5, 5.41) is 0. The molecule has 1 heterocycles. The molecule has 0 spiro atoms. The fraction of sp³-hybridized carbons (Fsp3) is 0.455. The zero-order valence-electron chi connectivity index (χ0n) is 16.9. The summed E-state index contributed by atoms with van der Waals surface area (Å²) >= 11 is 0. The number of methoxy groups -OCH3 is 4. The van der Waals surface area contributed by atoms with Crippen molar-refractivity contribution in [3.05, 3.63) is 47.0 Å². The van der Waals surface area contributed by atoms with Crippen molar-refractivity contribution < 1.29 is 18.9 Å². The van der Waals surface area contributed by atoms with Crippen LogP contribution in [0.3, 0.4) is 0 Å². The highest BCUT2D eigenvalue weighted by atomic mass is 16.5. The molecule has 2 aromatic rings. The second kappa shape index (κ2) is 8.53. The van der Waals surface area contributed by atoms with Crippen LogP contribution >= 0.6 is 0 Å². The number of ether oxygens (including phenoxy) is 4. The molecule has 0 saturated heterocycles. The third-order valence-electron chi connectivity index (χ3n) is 5.40. The fourth-order valence-corrected chi connectivity index (χ4v) is 3.93. The van der Waals surface area contributed by atoms with Crippen molar-refractivity contribution >= 4 is 0 Å². The molecule has 27 heavy (non-hydrogen) atoms. The van der Waals surface area contributed by atoms with E-state index in [1.54, 1.807) is 28.4 Å². The van der Waals surface area contributed by atoms with Gasteiger partial charge in [0.1, 0.15) is 0 Å². The SMILES string of the molecule is CCN1CCc2cc(OC)c(OC)cc2C1Cc1ccc(OC)c(OC)c1. The first-order valence-electron chi connectivity index (χ1n) is 9.34. The van der Waals surface area contributed by atoms with Crippen LogP contribution < -0.4 is 18.9 Å². The van der Waals surface area contributed by atoms with Crippen LogP contribution in [0.1, 0.15) is 29.7 Å². The average molecular weight is 371 g/mol. The summed E-state index contributed by atoms with van der Waals surface area (Å²) in [5.74, 6) is 3.10. The Morgan fingerprint density at radius 1 is 0.852 bits per heavy atom. The molecule has 0 saturated carbocycles. The van der Waals surface area contributed by atoms with Crippen LogP contribution in [0.2, 0.25) is 0 Å². The maximum absolute atomic E-state index is 5.56. The number of rotatable bonds is 7. The second-order valence-electron chi connectivity index (χ2n) is 6.69. The topological polar surface area (TPSA) is 40.2 Å². The van der Waals surface area contributed by atoms with Gasteiger partial charge in [-0.15, -0.1) is 0 Å². The van der Waals surface area contributed by atoms with Crippen molar-refractivity contribution in [3.63, 3.8) is 0 Å². The quantitative estimate of drug-likeness (QED) is 0.739. The monoisotopic (exact) mass is 371 g/mol. The molecule has 0 fully saturated rings. The molecule has 3 rings (SSSR count). The predicted molar refractivity (Wildman–Crippen MR) is 106 cm³/mol. The zero-order chi connectivity index (χ0) is 19.4. The van der Waals surface area contributed by atoms with Gasteiger partial charge in [-0.2, -0.15) is 0 Å². The van der Waals surface area contributed by atoms with Gasteiger partial charge in [0, 0.05) is 12.6 Å². The Hall–Kier alpha value is -2.40. The summed E-state index contributed by atoms with van der Waals surface area (Å²) < 4.78 is 21.9. The average Bonchev–Trinajstić information content (AvgIpc) is 2.72. The third kappa shape index (κ3) is 3.83. The lowest BCUT2D eigenvalue weighted by atomic mass is 9.88. The van der Waals surface area contributed by atoms with Gasteiger partial charge >= 0.3 is 0 Å². The van der Waals surface area contributed by atoms with Crippen molar-refractivity contribution in [1.29, 1.82) is 0 Å². The van der Waals surface area contributed by atoms with E-state index in [0.29, 0.717) is 0 Å². The van der Waals surface area contributed by atoms with Gasteiger partial charge in [-0.1, -0.05) is 13.0 Å². The highest BCUT2D eigenvalue weighted by molar-refractivity contribution is 5.50. The van der Waals surface area contributed by atoms with E-state index in [1.165, 1.54) is 16.7 Å². The van der Waals surface area contributed by atoms with Crippen molar-refractivity contribution in [2.75, 3.05) is 41.5 Å². The summed E-state index contributed by atoms with van der Waals surface area (Å²) in [6.45, 7) is 4.26. The Kier molecular flexibility index (Phi) is 6.11. The fourth-order valence-electron chi connectivity index (χ4n) is 3.93. The van der Waals surface area contributed by atoms with Gasteiger partial charge in [0.05, 0.1) is 28.4 Å². The molecule has 5 heteroatoms. The first-order chi connectivity index (χ1) is 13.1. The van der Waals surface area contributed by atoms with Crippen LogP contribution in [0.25, 0.3) is 0 Å². The van der Waals surface area contributed by atoms with E-state index in [9.17, 15) is 0 Å². The van der Waals surface area contributed by atoms with Gasteiger partial charge in [0.2, 0.25) is 0 Å².